The predicted octanol–water partition coefficient (Wildman–Crippen LogP) is -0.281. The molecule has 1 atom stereocenters. The molecule has 23 heavy (non-hydrogen) atoms. The van der Waals surface area contributed by atoms with E-state index in [2.05, 4.69) is 24.8 Å². The van der Waals surface area contributed by atoms with Crippen molar-refractivity contribution >= 4 is 11.9 Å². The molecule has 0 saturated carbocycles. The summed E-state index contributed by atoms with van der Waals surface area (Å²) in [5, 5.41) is 0. The van der Waals surface area contributed by atoms with Gasteiger partial charge >= 0.3 is 0 Å². The number of ether oxygens (including phenoxy) is 2. The summed E-state index contributed by atoms with van der Waals surface area (Å²) in [4.78, 5) is 17.4. The largest absolute Gasteiger partial charge is 0.378 e. The summed E-state index contributed by atoms with van der Waals surface area (Å²) >= 11 is 0. The lowest BCUT2D eigenvalue weighted by Crippen LogP contribution is -2.52. The van der Waals surface area contributed by atoms with Gasteiger partial charge in [0.05, 0.1) is 13.2 Å². The summed E-state index contributed by atoms with van der Waals surface area (Å²) in [6.45, 7) is 5.13. The van der Waals surface area contributed by atoms with Crippen LogP contribution in [0.25, 0.3) is 0 Å². The number of methoxy groups -OCH3 is 1. The fraction of sp³-hybridized carbons (Fsp3) is 0.667. The molecule has 2 fully saturated rings. The summed E-state index contributed by atoms with van der Waals surface area (Å²) in [7, 11) is 1.71. The molecule has 0 radical (unpaired) electrons. The first kappa shape index (κ1) is 15.9. The molecular formula is C15H24N6O2. The molecule has 126 valence electrons. The summed E-state index contributed by atoms with van der Waals surface area (Å²) in [6, 6.07) is 1.82. The van der Waals surface area contributed by atoms with Crippen LogP contribution in [0.4, 0.5) is 5.95 Å². The Hall–Kier alpha value is -1.93. The first-order chi connectivity index (χ1) is 11.2. The highest BCUT2D eigenvalue weighted by atomic mass is 16.5. The highest BCUT2D eigenvalue weighted by Crippen LogP contribution is 2.22. The smallest absolute Gasteiger partial charge is 0.225 e. The van der Waals surface area contributed by atoms with E-state index in [9.17, 15) is 0 Å². The molecule has 2 saturated heterocycles. The van der Waals surface area contributed by atoms with E-state index >= 15 is 0 Å². The number of hydrogen-bond donors (Lipinski definition) is 1. The van der Waals surface area contributed by atoms with Crippen LogP contribution in [0.1, 0.15) is 6.42 Å². The molecule has 2 N–H and O–H groups in total. The van der Waals surface area contributed by atoms with Crippen molar-refractivity contribution in [2.45, 2.75) is 12.0 Å². The Bertz CT molecular complexity index is 524. The quantitative estimate of drug-likeness (QED) is 0.603. The molecule has 2 aliphatic rings. The fourth-order valence-corrected chi connectivity index (χ4v) is 2.85. The van der Waals surface area contributed by atoms with Gasteiger partial charge in [-0.2, -0.15) is 0 Å². The van der Waals surface area contributed by atoms with Gasteiger partial charge in [0, 0.05) is 58.7 Å². The molecule has 8 nitrogen and oxygen atoms in total. The first-order valence-corrected chi connectivity index (χ1v) is 7.92. The van der Waals surface area contributed by atoms with Crippen molar-refractivity contribution in [3.05, 3.63) is 18.5 Å². The zero-order valence-corrected chi connectivity index (χ0v) is 13.5. The molecule has 0 bridgehead atoms. The van der Waals surface area contributed by atoms with Crippen LogP contribution in [0.3, 0.4) is 0 Å². The Morgan fingerprint density at radius 1 is 1.35 bits per heavy atom. The summed E-state index contributed by atoms with van der Waals surface area (Å²) < 4.78 is 11.0. The molecule has 1 aromatic heterocycles. The second kappa shape index (κ2) is 7.10. The number of nitrogens with zero attached hydrogens (tertiary/aromatic N) is 5. The minimum atomic E-state index is -0.315. The third-order valence-electron chi connectivity index (χ3n) is 4.47. The van der Waals surface area contributed by atoms with Crippen LogP contribution in [0.2, 0.25) is 0 Å². The van der Waals surface area contributed by atoms with Crippen molar-refractivity contribution in [2.24, 2.45) is 10.7 Å². The zero-order valence-electron chi connectivity index (χ0n) is 13.5. The Morgan fingerprint density at radius 3 is 2.70 bits per heavy atom. The topological polar surface area (TPSA) is 89.1 Å². The van der Waals surface area contributed by atoms with Crippen molar-refractivity contribution < 1.29 is 9.47 Å². The van der Waals surface area contributed by atoms with Crippen LogP contribution in [-0.4, -0.2) is 79.5 Å². The lowest BCUT2D eigenvalue weighted by atomic mass is 10.0. The number of nitrogens with two attached hydrogens (primary N) is 1. The van der Waals surface area contributed by atoms with E-state index in [1.165, 1.54) is 0 Å². The van der Waals surface area contributed by atoms with Gasteiger partial charge in [0.25, 0.3) is 0 Å². The number of aliphatic imine (C=N–C) groups is 1. The molecule has 3 rings (SSSR count). The molecule has 8 heteroatoms. The van der Waals surface area contributed by atoms with E-state index in [1.807, 2.05) is 6.07 Å². The molecule has 0 spiro atoms. The number of hydrogen-bond acceptors (Lipinski definition) is 6. The zero-order chi connectivity index (χ0) is 16.1. The van der Waals surface area contributed by atoms with E-state index in [-0.39, 0.29) is 5.60 Å². The Kier molecular flexibility index (Phi) is 4.92. The molecule has 0 amide bonds. The lowest BCUT2D eigenvalue weighted by Gasteiger charge is -2.35. The fourth-order valence-electron chi connectivity index (χ4n) is 2.85. The van der Waals surface area contributed by atoms with Crippen molar-refractivity contribution in [2.75, 3.05) is 57.9 Å². The van der Waals surface area contributed by atoms with Gasteiger partial charge < -0.3 is 25.0 Å². The molecule has 2 aliphatic heterocycles. The minimum absolute atomic E-state index is 0.315. The number of piperazine rings is 1. The third kappa shape index (κ3) is 3.70. The van der Waals surface area contributed by atoms with Crippen LogP contribution in [-0.2, 0) is 9.47 Å². The van der Waals surface area contributed by atoms with Crippen LogP contribution in [0, 0.1) is 0 Å². The standard InChI is InChI=1S/C15H24N6O2/c1-22-15(3-10-23-12-15)11-19-13(16)20-6-8-21(9-7-20)14-17-4-2-5-18-14/h2,4-5H,3,6-12H2,1H3,(H2,16,19). The number of guanidine groups is 1. The average molecular weight is 320 g/mol. The highest BCUT2D eigenvalue weighted by Gasteiger charge is 2.35. The van der Waals surface area contributed by atoms with Gasteiger partial charge in [0.2, 0.25) is 5.95 Å². The monoisotopic (exact) mass is 320 g/mol. The molecule has 0 aliphatic carbocycles. The van der Waals surface area contributed by atoms with E-state index < -0.39 is 0 Å². The first-order valence-electron chi connectivity index (χ1n) is 7.92. The minimum Gasteiger partial charge on any atom is -0.378 e. The second-order valence-corrected chi connectivity index (χ2v) is 5.89. The Balaban J connectivity index is 1.53. The van der Waals surface area contributed by atoms with Crippen molar-refractivity contribution in [1.82, 2.24) is 14.9 Å². The molecule has 1 aromatic rings. The normalized spacial score (nSPS) is 25.9. The predicted molar refractivity (Wildman–Crippen MR) is 87.5 cm³/mol. The van der Waals surface area contributed by atoms with Gasteiger partial charge in [-0.3, -0.25) is 4.99 Å². The van der Waals surface area contributed by atoms with E-state index in [0.717, 1.165) is 45.2 Å². The third-order valence-corrected chi connectivity index (χ3v) is 4.47. The maximum atomic E-state index is 6.15. The van der Waals surface area contributed by atoms with E-state index in [1.54, 1.807) is 19.5 Å². The number of aromatic nitrogens is 2. The Labute approximate surface area is 136 Å². The maximum Gasteiger partial charge on any atom is 0.225 e. The van der Waals surface area contributed by atoms with Gasteiger partial charge in [-0.05, 0) is 6.07 Å². The van der Waals surface area contributed by atoms with Crippen molar-refractivity contribution in [3.8, 4) is 0 Å². The average Bonchev–Trinajstić information content (AvgIpc) is 3.10. The summed E-state index contributed by atoms with van der Waals surface area (Å²) in [6.07, 6.45) is 4.39. The number of rotatable bonds is 4. The SMILES string of the molecule is COC1(CN=C(N)N2CCN(c3ncccn3)CC2)CCOC1. The lowest BCUT2D eigenvalue weighted by molar-refractivity contribution is -0.00918. The maximum absolute atomic E-state index is 6.15. The van der Waals surface area contributed by atoms with Crippen LogP contribution < -0.4 is 10.6 Å². The summed E-state index contributed by atoms with van der Waals surface area (Å²) in [5.74, 6) is 1.34. The van der Waals surface area contributed by atoms with Gasteiger partial charge in [0.1, 0.15) is 5.60 Å². The van der Waals surface area contributed by atoms with Crippen molar-refractivity contribution in [3.63, 3.8) is 0 Å². The second-order valence-electron chi connectivity index (χ2n) is 5.89. The van der Waals surface area contributed by atoms with E-state index in [4.69, 9.17) is 15.2 Å². The highest BCUT2D eigenvalue weighted by molar-refractivity contribution is 5.78. The Morgan fingerprint density at radius 2 is 2.09 bits per heavy atom. The van der Waals surface area contributed by atoms with Gasteiger partial charge in [-0.1, -0.05) is 0 Å². The molecule has 1 unspecified atom stereocenters. The summed E-state index contributed by atoms with van der Waals surface area (Å²) in [5.41, 5.74) is 5.84. The van der Waals surface area contributed by atoms with Crippen LogP contribution in [0.15, 0.2) is 23.5 Å². The van der Waals surface area contributed by atoms with Gasteiger partial charge in [0.15, 0.2) is 5.96 Å². The van der Waals surface area contributed by atoms with Crippen molar-refractivity contribution in [1.29, 1.82) is 0 Å². The van der Waals surface area contributed by atoms with Gasteiger partial charge in [-0.15, -0.1) is 0 Å². The molecular weight excluding hydrogens is 296 g/mol. The van der Waals surface area contributed by atoms with Crippen LogP contribution in [0.5, 0.6) is 0 Å². The molecule has 0 aromatic carbocycles. The van der Waals surface area contributed by atoms with Gasteiger partial charge in [-0.25, -0.2) is 9.97 Å². The molecule has 3 heterocycles. The number of anilines is 1. The van der Waals surface area contributed by atoms with E-state index in [0.29, 0.717) is 19.1 Å². The van der Waals surface area contributed by atoms with Crippen LogP contribution >= 0.6 is 0 Å².